The van der Waals surface area contributed by atoms with Gasteiger partial charge >= 0.3 is 0 Å². The summed E-state index contributed by atoms with van der Waals surface area (Å²) in [7, 11) is 0. The second kappa shape index (κ2) is 8.07. The summed E-state index contributed by atoms with van der Waals surface area (Å²) in [5.41, 5.74) is 0.582. The number of nitrogens with zero attached hydrogens (tertiary/aromatic N) is 4. The van der Waals surface area contributed by atoms with Gasteiger partial charge < -0.3 is 0 Å². The summed E-state index contributed by atoms with van der Waals surface area (Å²) in [6.07, 6.45) is 2.56. The van der Waals surface area contributed by atoms with E-state index in [0.29, 0.717) is 27.5 Å². The molecule has 1 amide bonds. The maximum atomic E-state index is 12.0. The van der Waals surface area contributed by atoms with E-state index in [9.17, 15) is 9.59 Å². The smallest absolute Gasteiger partial charge is 0.258 e. The minimum Gasteiger partial charge on any atom is -0.300 e. The molecule has 0 bridgehead atoms. The topological polar surface area (TPSA) is 89.2 Å². The lowest BCUT2D eigenvalue weighted by atomic mass is 10.1. The van der Waals surface area contributed by atoms with E-state index in [2.05, 4.69) is 34.3 Å². The lowest BCUT2D eigenvalue weighted by molar-refractivity contribution is -0.113. The van der Waals surface area contributed by atoms with Crippen molar-refractivity contribution in [3.8, 4) is 0 Å². The van der Waals surface area contributed by atoms with Gasteiger partial charge in [-0.15, -0.1) is 33.3 Å². The van der Waals surface area contributed by atoms with Crippen LogP contribution in [0.15, 0.2) is 22.4 Å². The zero-order valence-electron chi connectivity index (χ0n) is 13.8. The van der Waals surface area contributed by atoms with Crippen LogP contribution < -0.4 is 10.9 Å². The van der Waals surface area contributed by atoms with E-state index in [1.54, 1.807) is 6.20 Å². The van der Waals surface area contributed by atoms with Gasteiger partial charge in [0, 0.05) is 29.8 Å². The van der Waals surface area contributed by atoms with Gasteiger partial charge in [-0.1, -0.05) is 25.2 Å². The van der Waals surface area contributed by atoms with E-state index in [1.165, 1.54) is 44.9 Å². The fraction of sp³-hybridized carbons (Fsp3) is 0.400. The second-order valence-electron chi connectivity index (χ2n) is 5.78. The summed E-state index contributed by atoms with van der Waals surface area (Å²) in [5, 5.41) is 14.1. The van der Waals surface area contributed by atoms with Crippen molar-refractivity contribution in [1.29, 1.82) is 0 Å². The van der Waals surface area contributed by atoms with E-state index < -0.39 is 0 Å². The van der Waals surface area contributed by atoms with Crippen molar-refractivity contribution in [2.45, 2.75) is 26.0 Å². The molecule has 0 saturated heterocycles. The fourth-order valence-electron chi connectivity index (χ4n) is 2.10. The van der Waals surface area contributed by atoms with Gasteiger partial charge in [0.15, 0.2) is 4.96 Å². The van der Waals surface area contributed by atoms with Crippen LogP contribution in [0.4, 0.5) is 5.13 Å². The number of carbonyl (C=O) groups excluding carboxylic acids is 1. The minimum atomic E-state index is -0.133. The summed E-state index contributed by atoms with van der Waals surface area (Å²) in [4.78, 5) is 29.0. The monoisotopic (exact) mass is 395 g/mol. The van der Waals surface area contributed by atoms with Crippen molar-refractivity contribution in [3.05, 3.63) is 38.7 Å². The Labute approximate surface area is 156 Å². The van der Waals surface area contributed by atoms with Gasteiger partial charge in [-0.05, 0) is 5.92 Å². The van der Waals surface area contributed by atoms with Crippen molar-refractivity contribution >= 4 is 50.4 Å². The van der Waals surface area contributed by atoms with Gasteiger partial charge in [0.05, 0.1) is 11.4 Å². The van der Waals surface area contributed by atoms with Crippen LogP contribution in [0.25, 0.3) is 4.96 Å². The van der Waals surface area contributed by atoms with E-state index in [1.807, 2.05) is 5.38 Å². The number of thiazole rings is 1. The van der Waals surface area contributed by atoms with Crippen molar-refractivity contribution in [1.82, 2.24) is 19.6 Å². The Morgan fingerprint density at radius 1 is 1.40 bits per heavy atom. The van der Waals surface area contributed by atoms with Gasteiger partial charge in [-0.2, -0.15) is 0 Å². The average Bonchev–Trinajstić information content (AvgIpc) is 3.16. The molecule has 0 atom stereocenters. The average molecular weight is 396 g/mol. The molecule has 1 N–H and O–H groups in total. The van der Waals surface area contributed by atoms with Crippen LogP contribution in [0.1, 0.15) is 24.5 Å². The molecule has 0 radical (unpaired) electrons. The molecule has 0 aliphatic rings. The molecule has 0 aromatic carbocycles. The molecule has 0 aliphatic heterocycles. The largest absolute Gasteiger partial charge is 0.300 e. The lowest BCUT2D eigenvalue weighted by Crippen LogP contribution is -2.15. The SMILES string of the molecule is CC(C)Cc1nnc(NC(=O)CSCc2cc(=O)n3ccsc3n2)s1. The van der Waals surface area contributed by atoms with E-state index in [0.717, 1.165) is 11.4 Å². The molecule has 0 spiro atoms. The standard InChI is InChI=1S/C15H17N5O2S3/c1-9(2)5-12-18-19-14(25-12)17-11(21)8-23-7-10-6-13(22)20-3-4-24-15(20)16-10/h3-4,6,9H,5,7-8H2,1-2H3,(H,17,19,21). The molecule has 10 heteroatoms. The summed E-state index contributed by atoms with van der Waals surface area (Å²) in [5.74, 6) is 1.14. The number of aromatic nitrogens is 4. The van der Waals surface area contributed by atoms with E-state index in [-0.39, 0.29) is 17.2 Å². The number of amides is 1. The van der Waals surface area contributed by atoms with Crippen LogP contribution in [0.5, 0.6) is 0 Å². The Morgan fingerprint density at radius 3 is 3.04 bits per heavy atom. The van der Waals surface area contributed by atoms with E-state index >= 15 is 0 Å². The summed E-state index contributed by atoms with van der Waals surface area (Å²) in [6.45, 7) is 4.23. The first-order valence-corrected chi connectivity index (χ1v) is 10.5. The summed E-state index contributed by atoms with van der Waals surface area (Å²) < 4.78 is 1.51. The minimum absolute atomic E-state index is 0.0992. The normalized spacial score (nSPS) is 11.3. The third-order valence-electron chi connectivity index (χ3n) is 3.14. The number of hydrogen-bond acceptors (Lipinski definition) is 8. The second-order valence-corrected chi connectivity index (χ2v) is 8.70. The molecule has 0 saturated carbocycles. The quantitative estimate of drug-likeness (QED) is 0.662. The molecule has 7 nitrogen and oxygen atoms in total. The first-order valence-electron chi connectivity index (χ1n) is 7.67. The number of nitrogens with one attached hydrogen (secondary N) is 1. The number of hydrogen-bond donors (Lipinski definition) is 1. The molecule has 0 unspecified atom stereocenters. The predicted octanol–water partition coefficient (Wildman–Crippen LogP) is 2.68. The van der Waals surface area contributed by atoms with Crippen molar-refractivity contribution < 1.29 is 4.79 Å². The van der Waals surface area contributed by atoms with Crippen LogP contribution in [0.2, 0.25) is 0 Å². The van der Waals surface area contributed by atoms with Crippen LogP contribution in [-0.2, 0) is 17.0 Å². The van der Waals surface area contributed by atoms with Crippen molar-refractivity contribution in [3.63, 3.8) is 0 Å². The number of thioether (sulfide) groups is 1. The molecule has 0 fully saturated rings. The predicted molar refractivity (Wildman–Crippen MR) is 103 cm³/mol. The number of anilines is 1. The first kappa shape index (κ1) is 18.0. The molecule has 25 heavy (non-hydrogen) atoms. The maximum absolute atomic E-state index is 12.0. The maximum Gasteiger partial charge on any atom is 0.258 e. The third-order valence-corrected chi connectivity index (χ3v) is 5.72. The molecule has 0 aliphatic carbocycles. The molecule has 3 heterocycles. The first-order chi connectivity index (χ1) is 12.0. The summed E-state index contributed by atoms with van der Waals surface area (Å²) >= 11 is 4.23. The van der Waals surface area contributed by atoms with Gasteiger partial charge in [-0.3, -0.25) is 19.3 Å². The zero-order valence-corrected chi connectivity index (χ0v) is 16.2. The van der Waals surface area contributed by atoms with Crippen LogP contribution >= 0.6 is 34.4 Å². The molecule has 3 aromatic heterocycles. The number of fused-ring (bicyclic) bond motifs is 1. The van der Waals surface area contributed by atoms with Crippen molar-refractivity contribution in [2.75, 3.05) is 11.1 Å². The number of rotatable bonds is 7. The Hall–Kier alpha value is -1.78. The van der Waals surface area contributed by atoms with Gasteiger partial charge in [-0.25, -0.2) is 4.98 Å². The highest BCUT2D eigenvalue weighted by Gasteiger charge is 2.10. The zero-order chi connectivity index (χ0) is 17.8. The van der Waals surface area contributed by atoms with Crippen molar-refractivity contribution in [2.24, 2.45) is 5.92 Å². The highest BCUT2D eigenvalue weighted by atomic mass is 32.2. The molecule has 132 valence electrons. The fourth-order valence-corrected chi connectivity index (χ4v) is 4.52. The molecule has 3 rings (SSSR count). The molecular weight excluding hydrogens is 378 g/mol. The Kier molecular flexibility index (Phi) is 5.82. The van der Waals surface area contributed by atoms with E-state index in [4.69, 9.17) is 0 Å². The Morgan fingerprint density at radius 2 is 2.24 bits per heavy atom. The third kappa shape index (κ3) is 4.86. The molecular formula is C15H17N5O2S3. The van der Waals surface area contributed by atoms with Crippen LogP contribution in [-0.4, -0.2) is 31.2 Å². The highest BCUT2D eigenvalue weighted by molar-refractivity contribution is 7.99. The summed E-state index contributed by atoms with van der Waals surface area (Å²) in [6, 6.07) is 1.51. The van der Waals surface area contributed by atoms with Gasteiger partial charge in [0.1, 0.15) is 5.01 Å². The lowest BCUT2D eigenvalue weighted by Gasteiger charge is -2.02. The number of carbonyl (C=O) groups is 1. The highest BCUT2D eigenvalue weighted by Crippen LogP contribution is 2.19. The molecule has 3 aromatic rings. The Balaban J connectivity index is 1.50. The Bertz CT molecular complexity index is 931. The van der Waals surface area contributed by atoms with Crippen LogP contribution in [0.3, 0.4) is 0 Å². The van der Waals surface area contributed by atoms with Gasteiger partial charge in [0.25, 0.3) is 5.56 Å². The van der Waals surface area contributed by atoms with Crippen LogP contribution in [0, 0.1) is 5.92 Å². The van der Waals surface area contributed by atoms with Gasteiger partial charge in [0.2, 0.25) is 11.0 Å².